The predicted molar refractivity (Wildman–Crippen MR) is 67.2 cm³/mol. The summed E-state index contributed by atoms with van der Waals surface area (Å²) in [6, 6.07) is 2.64. The van der Waals surface area contributed by atoms with Gasteiger partial charge in [-0.3, -0.25) is 0 Å². The fraction of sp³-hybridized carbons (Fsp3) is 0.875. The van der Waals surface area contributed by atoms with Crippen molar-refractivity contribution in [2.75, 3.05) is 33.7 Å². The fourth-order valence-corrected chi connectivity index (χ4v) is 0.637. The van der Waals surface area contributed by atoms with Gasteiger partial charge in [0, 0.05) is 65.7 Å². The van der Waals surface area contributed by atoms with Crippen molar-refractivity contribution < 1.29 is 0 Å². The van der Waals surface area contributed by atoms with Gasteiger partial charge in [-0.25, -0.2) is 9.98 Å². The molecule has 0 aliphatic carbocycles. The maximum atomic E-state index is 3.99. The van der Waals surface area contributed by atoms with E-state index in [1.807, 2.05) is 6.92 Å². The quantitative estimate of drug-likeness (QED) is 0.395. The zero-order chi connectivity index (χ0) is 8.53. The number of hydrogen-bond acceptors (Lipinski definition) is 3. The Morgan fingerprint density at radius 2 is 1.71 bits per heavy atom. The molecule has 3 nitrogen and oxygen atoms in total. The molecule has 0 unspecified atom stereocenters. The average molecular weight is 238 g/mol. The van der Waals surface area contributed by atoms with Crippen LogP contribution < -0.4 is 0 Å². The number of rotatable bonds is 5. The summed E-state index contributed by atoms with van der Waals surface area (Å²) >= 11 is 0. The molecular formula is C8H18ClN3Na2. The summed E-state index contributed by atoms with van der Waals surface area (Å²) in [6.07, 6.45) is 1.08. The third kappa shape index (κ3) is 23.4. The maximum absolute atomic E-state index is 3.99. The molecular weight excluding hydrogens is 220 g/mol. The van der Waals surface area contributed by atoms with Crippen LogP contribution in [0.25, 0.3) is 0 Å². The zero-order valence-electron chi connectivity index (χ0n) is 10.1. The van der Waals surface area contributed by atoms with Crippen LogP contribution >= 0.6 is 12.4 Å². The molecule has 0 spiro atoms. The van der Waals surface area contributed by atoms with Crippen molar-refractivity contribution in [1.29, 1.82) is 0 Å². The Kier molecular flexibility index (Phi) is 35.5. The Balaban J connectivity index is -0.000000167. The molecule has 0 rings (SSSR count). The molecule has 0 amide bonds. The third-order valence-corrected chi connectivity index (χ3v) is 1.17. The van der Waals surface area contributed by atoms with E-state index in [0.717, 1.165) is 26.1 Å². The molecule has 0 bridgehead atoms. The van der Waals surface area contributed by atoms with E-state index >= 15 is 0 Å². The van der Waals surface area contributed by atoms with E-state index in [1.54, 1.807) is 0 Å². The van der Waals surface area contributed by atoms with Crippen molar-refractivity contribution in [1.82, 2.24) is 4.90 Å². The van der Waals surface area contributed by atoms with Crippen molar-refractivity contribution in [3.05, 3.63) is 0 Å². The van der Waals surface area contributed by atoms with E-state index in [4.69, 9.17) is 0 Å². The van der Waals surface area contributed by atoms with E-state index in [-0.39, 0.29) is 71.5 Å². The normalized spacial score (nSPS) is 7.43. The van der Waals surface area contributed by atoms with E-state index in [9.17, 15) is 0 Å². The molecule has 0 fully saturated rings. The third-order valence-electron chi connectivity index (χ3n) is 1.17. The Morgan fingerprint density at radius 3 is 2.14 bits per heavy atom. The number of nitrogens with zero attached hydrogens (tertiary/aromatic N) is 3. The largest absolute Gasteiger partial charge is 0.309 e. The van der Waals surface area contributed by atoms with Crippen LogP contribution in [0, 0.1) is 0 Å². The summed E-state index contributed by atoms with van der Waals surface area (Å²) in [6.45, 7) is 4.67. The van der Waals surface area contributed by atoms with Crippen molar-refractivity contribution >= 4 is 77.5 Å². The minimum absolute atomic E-state index is 0. The number of halogens is 1. The van der Waals surface area contributed by atoms with Crippen LogP contribution in [0.3, 0.4) is 0 Å². The summed E-state index contributed by atoms with van der Waals surface area (Å²) < 4.78 is 0. The van der Waals surface area contributed by atoms with E-state index < -0.39 is 0 Å². The van der Waals surface area contributed by atoms with Gasteiger partial charge in [0.1, 0.15) is 0 Å². The van der Waals surface area contributed by atoms with Gasteiger partial charge in [-0.05, 0) is 34.0 Å². The van der Waals surface area contributed by atoms with Crippen LogP contribution in [0.15, 0.2) is 9.98 Å². The maximum Gasteiger partial charge on any atom is 0.0892 e. The van der Waals surface area contributed by atoms with Gasteiger partial charge in [0.05, 0.1) is 12.6 Å². The molecule has 14 heavy (non-hydrogen) atoms. The Labute approximate surface area is 138 Å². The van der Waals surface area contributed by atoms with Crippen LogP contribution in [0.1, 0.15) is 13.3 Å². The van der Waals surface area contributed by atoms with Crippen molar-refractivity contribution in [3.8, 4) is 0 Å². The average Bonchev–Trinajstić information content (AvgIpc) is 1.96. The molecule has 0 atom stereocenters. The SMILES string of the molecule is CCN=C=NCCCN(C)C.Cl.[Na].[Na]. The molecule has 2 radical (unpaired) electrons. The molecule has 0 aromatic rings. The van der Waals surface area contributed by atoms with Crippen LogP contribution in [-0.4, -0.2) is 104 Å². The first kappa shape index (κ1) is 24.7. The summed E-state index contributed by atoms with van der Waals surface area (Å²) in [5.41, 5.74) is 0. The second-order valence-corrected chi connectivity index (χ2v) is 2.61. The van der Waals surface area contributed by atoms with Gasteiger partial charge in [-0.2, -0.15) is 0 Å². The molecule has 0 aliphatic rings. The Morgan fingerprint density at radius 1 is 1.14 bits per heavy atom. The smallest absolute Gasteiger partial charge is 0.0892 e. The first-order valence-electron chi connectivity index (χ1n) is 4.00. The minimum Gasteiger partial charge on any atom is -0.309 e. The Bertz CT molecular complexity index is 148. The van der Waals surface area contributed by atoms with Gasteiger partial charge in [0.25, 0.3) is 0 Å². The van der Waals surface area contributed by atoms with Gasteiger partial charge in [-0.15, -0.1) is 12.4 Å². The van der Waals surface area contributed by atoms with Crippen molar-refractivity contribution in [2.24, 2.45) is 9.98 Å². The van der Waals surface area contributed by atoms with Gasteiger partial charge >= 0.3 is 0 Å². The molecule has 0 saturated heterocycles. The topological polar surface area (TPSA) is 28.0 Å². The van der Waals surface area contributed by atoms with E-state index in [0.29, 0.717) is 0 Å². The van der Waals surface area contributed by atoms with Gasteiger partial charge in [0.15, 0.2) is 0 Å². The molecule has 0 aromatic carbocycles. The van der Waals surface area contributed by atoms with Crippen LogP contribution in [-0.2, 0) is 0 Å². The van der Waals surface area contributed by atoms with Gasteiger partial charge in [-0.1, -0.05) is 0 Å². The zero-order valence-corrected chi connectivity index (χ0v) is 14.9. The molecule has 0 aromatic heterocycles. The molecule has 0 heterocycles. The second kappa shape index (κ2) is 20.1. The van der Waals surface area contributed by atoms with Crippen LogP contribution in [0.2, 0.25) is 0 Å². The van der Waals surface area contributed by atoms with Crippen molar-refractivity contribution in [2.45, 2.75) is 13.3 Å². The Hall–Kier alpha value is 1.63. The molecule has 0 saturated carbocycles. The van der Waals surface area contributed by atoms with Crippen LogP contribution in [0.5, 0.6) is 0 Å². The second-order valence-electron chi connectivity index (χ2n) is 2.61. The summed E-state index contributed by atoms with van der Waals surface area (Å²) in [5.74, 6) is 0. The van der Waals surface area contributed by atoms with Gasteiger partial charge < -0.3 is 4.90 Å². The fourth-order valence-electron chi connectivity index (χ4n) is 0.637. The molecule has 0 aliphatic heterocycles. The number of aliphatic imine (C=N–C) groups is 2. The van der Waals surface area contributed by atoms with E-state index in [1.165, 1.54) is 0 Å². The molecule has 74 valence electrons. The molecule has 0 N–H and O–H groups in total. The monoisotopic (exact) mass is 237 g/mol. The first-order valence-corrected chi connectivity index (χ1v) is 4.00. The minimum atomic E-state index is 0. The summed E-state index contributed by atoms with van der Waals surface area (Å²) in [5, 5.41) is 0. The standard InChI is InChI=1S/C8H17N3.ClH.2Na/c1-4-9-8-10-6-5-7-11(2)3;;;/h4-7H2,1-3H3;1H;;. The van der Waals surface area contributed by atoms with E-state index in [2.05, 4.69) is 35.0 Å². The van der Waals surface area contributed by atoms with Gasteiger partial charge in [0.2, 0.25) is 0 Å². The first-order chi connectivity index (χ1) is 5.27. The summed E-state index contributed by atoms with van der Waals surface area (Å²) in [7, 11) is 4.12. The molecule has 6 heteroatoms. The van der Waals surface area contributed by atoms with Crippen LogP contribution in [0.4, 0.5) is 0 Å². The summed E-state index contributed by atoms with van der Waals surface area (Å²) in [4.78, 5) is 9.99. The van der Waals surface area contributed by atoms with Crippen molar-refractivity contribution in [3.63, 3.8) is 0 Å². The number of hydrogen-bond donors (Lipinski definition) is 0. The predicted octanol–water partition coefficient (Wildman–Crippen LogP) is 0.792.